The summed E-state index contributed by atoms with van der Waals surface area (Å²) in [7, 11) is 0. The largest absolute Gasteiger partial charge is 0.348 e. The third kappa shape index (κ3) is 3.44. The molecule has 0 aliphatic rings. The van der Waals surface area contributed by atoms with E-state index in [2.05, 4.69) is 22.5 Å². The van der Waals surface area contributed by atoms with E-state index in [1.54, 1.807) is 18.3 Å². The van der Waals surface area contributed by atoms with Gasteiger partial charge in [0.25, 0.3) is 5.56 Å². The molecular formula is C22H19N3O2. The molecule has 0 fully saturated rings. The number of carbonyl (C=O) groups is 1. The van der Waals surface area contributed by atoms with Crippen molar-refractivity contribution in [1.82, 2.24) is 15.1 Å². The molecule has 5 heteroatoms. The molecule has 0 aliphatic heterocycles. The van der Waals surface area contributed by atoms with Gasteiger partial charge in [0.15, 0.2) is 0 Å². The molecule has 1 heterocycles. The van der Waals surface area contributed by atoms with E-state index in [1.807, 2.05) is 49.4 Å². The molecule has 1 amide bonds. The molecule has 0 saturated heterocycles. The third-order valence-corrected chi connectivity index (χ3v) is 4.71. The standard InChI is InChI=1S/C22H19N3O2/c1-15(17-11-10-16-6-2-3-7-18(16)12-17)24-21(26)14-25-22(27)20-9-5-4-8-19(20)13-23-25/h2-13,15H,14H2,1H3,(H,24,26)/t15-/m1/s1. The molecule has 0 aliphatic carbocycles. The van der Waals surface area contributed by atoms with Crippen LogP contribution >= 0.6 is 0 Å². The third-order valence-electron chi connectivity index (χ3n) is 4.71. The van der Waals surface area contributed by atoms with E-state index in [0.717, 1.165) is 21.7 Å². The number of aromatic nitrogens is 2. The highest BCUT2D eigenvalue weighted by Gasteiger charge is 2.12. The number of hydrogen-bond acceptors (Lipinski definition) is 3. The first-order valence-electron chi connectivity index (χ1n) is 8.85. The molecule has 1 atom stereocenters. The predicted molar refractivity (Wildman–Crippen MR) is 107 cm³/mol. The summed E-state index contributed by atoms with van der Waals surface area (Å²) >= 11 is 0. The number of nitrogens with zero attached hydrogens (tertiary/aromatic N) is 2. The number of amides is 1. The van der Waals surface area contributed by atoms with Gasteiger partial charge in [-0.2, -0.15) is 5.10 Å². The molecule has 3 aromatic carbocycles. The zero-order chi connectivity index (χ0) is 18.8. The molecule has 5 nitrogen and oxygen atoms in total. The van der Waals surface area contributed by atoms with Crippen LogP contribution in [0.5, 0.6) is 0 Å². The molecule has 0 bridgehead atoms. The molecule has 0 unspecified atom stereocenters. The average molecular weight is 357 g/mol. The van der Waals surface area contributed by atoms with Gasteiger partial charge in [0.1, 0.15) is 6.54 Å². The van der Waals surface area contributed by atoms with Gasteiger partial charge in [0.2, 0.25) is 5.91 Å². The van der Waals surface area contributed by atoms with Gasteiger partial charge in [-0.25, -0.2) is 4.68 Å². The van der Waals surface area contributed by atoms with Crippen LogP contribution in [0.1, 0.15) is 18.5 Å². The normalized spacial score (nSPS) is 12.2. The minimum absolute atomic E-state index is 0.110. The minimum Gasteiger partial charge on any atom is -0.348 e. The Labute approximate surface area is 156 Å². The Morgan fingerprint density at radius 3 is 2.52 bits per heavy atom. The number of rotatable bonds is 4. The van der Waals surface area contributed by atoms with Gasteiger partial charge in [-0.1, -0.05) is 54.6 Å². The van der Waals surface area contributed by atoms with Gasteiger partial charge in [-0.3, -0.25) is 9.59 Å². The van der Waals surface area contributed by atoms with E-state index in [-0.39, 0.29) is 24.1 Å². The summed E-state index contributed by atoms with van der Waals surface area (Å²) in [6.45, 7) is 1.82. The van der Waals surface area contributed by atoms with Gasteiger partial charge >= 0.3 is 0 Å². The summed E-state index contributed by atoms with van der Waals surface area (Å²) in [5, 5.41) is 10.7. The summed E-state index contributed by atoms with van der Waals surface area (Å²) in [5.41, 5.74) is 0.752. The Bertz CT molecular complexity index is 1200. The molecule has 134 valence electrons. The summed E-state index contributed by atoms with van der Waals surface area (Å²) < 4.78 is 1.20. The van der Waals surface area contributed by atoms with E-state index >= 15 is 0 Å². The van der Waals surface area contributed by atoms with Crippen LogP contribution in [0.15, 0.2) is 77.7 Å². The number of hydrogen-bond donors (Lipinski definition) is 1. The molecule has 0 saturated carbocycles. The first-order valence-corrected chi connectivity index (χ1v) is 8.85. The van der Waals surface area contributed by atoms with Gasteiger partial charge < -0.3 is 5.32 Å². The monoisotopic (exact) mass is 357 g/mol. The molecular weight excluding hydrogens is 338 g/mol. The van der Waals surface area contributed by atoms with Crippen LogP contribution in [-0.2, 0) is 11.3 Å². The van der Waals surface area contributed by atoms with E-state index in [0.29, 0.717) is 5.39 Å². The second-order valence-corrected chi connectivity index (χ2v) is 6.59. The van der Waals surface area contributed by atoms with Crippen molar-refractivity contribution < 1.29 is 4.79 Å². The lowest BCUT2D eigenvalue weighted by molar-refractivity contribution is -0.122. The van der Waals surface area contributed by atoms with Crippen molar-refractivity contribution in [2.75, 3.05) is 0 Å². The van der Waals surface area contributed by atoms with Gasteiger partial charge in [-0.05, 0) is 35.4 Å². The fourth-order valence-electron chi connectivity index (χ4n) is 3.22. The SMILES string of the molecule is C[C@@H](NC(=O)Cn1ncc2ccccc2c1=O)c1ccc2ccccc2c1. The Morgan fingerprint density at radius 1 is 1.00 bits per heavy atom. The zero-order valence-electron chi connectivity index (χ0n) is 14.9. The summed E-state index contributed by atoms with van der Waals surface area (Å²) in [5.74, 6) is -0.250. The lowest BCUT2D eigenvalue weighted by Gasteiger charge is -2.15. The summed E-state index contributed by atoms with van der Waals surface area (Å²) in [6.07, 6.45) is 1.61. The van der Waals surface area contributed by atoms with Crippen LogP contribution in [-0.4, -0.2) is 15.7 Å². The summed E-state index contributed by atoms with van der Waals surface area (Å²) in [4.78, 5) is 24.9. The Morgan fingerprint density at radius 2 is 1.70 bits per heavy atom. The van der Waals surface area contributed by atoms with Gasteiger partial charge in [0, 0.05) is 5.39 Å². The maximum absolute atomic E-state index is 12.5. The molecule has 0 radical (unpaired) electrons. The smallest absolute Gasteiger partial charge is 0.275 e. The van der Waals surface area contributed by atoms with Crippen molar-refractivity contribution in [1.29, 1.82) is 0 Å². The van der Waals surface area contributed by atoms with Crippen molar-refractivity contribution in [3.8, 4) is 0 Å². The maximum atomic E-state index is 12.5. The highest BCUT2D eigenvalue weighted by atomic mass is 16.2. The molecule has 4 aromatic rings. The average Bonchev–Trinajstić information content (AvgIpc) is 2.70. The van der Waals surface area contributed by atoms with E-state index < -0.39 is 0 Å². The fourth-order valence-corrected chi connectivity index (χ4v) is 3.22. The fraction of sp³-hybridized carbons (Fsp3) is 0.136. The lowest BCUT2D eigenvalue weighted by Crippen LogP contribution is -2.34. The number of benzene rings is 3. The van der Waals surface area contributed by atoms with E-state index in [1.165, 1.54) is 4.68 Å². The molecule has 1 aromatic heterocycles. The Kier molecular flexibility index (Phi) is 4.42. The van der Waals surface area contributed by atoms with Crippen molar-refractivity contribution in [2.24, 2.45) is 0 Å². The van der Waals surface area contributed by atoms with E-state index in [9.17, 15) is 9.59 Å². The van der Waals surface area contributed by atoms with Crippen LogP contribution in [0, 0.1) is 0 Å². The quantitative estimate of drug-likeness (QED) is 0.609. The van der Waals surface area contributed by atoms with Crippen LogP contribution in [0.25, 0.3) is 21.5 Å². The molecule has 4 rings (SSSR count). The highest BCUT2D eigenvalue weighted by molar-refractivity contribution is 5.84. The Balaban J connectivity index is 1.51. The van der Waals surface area contributed by atoms with Crippen molar-refractivity contribution in [2.45, 2.75) is 19.5 Å². The molecule has 0 spiro atoms. The second kappa shape index (κ2) is 7.03. The van der Waals surface area contributed by atoms with Crippen molar-refractivity contribution >= 4 is 27.5 Å². The zero-order valence-corrected chi connectivity index (χ0v) is 14.9. The first-order chi connectivity index (χ1) is 13.1. The van der Waals surface area contributed by atoms with Crippen molar-refractivity contribution in [3.63, 3.8) is 0 Å². The maximum Gasteiger partial charge on any atom is 0.275 e. The topological polar surface area (TPSA) is 64.0 Å². The van der Waals surface area contributed by atoms with Crippen LogP contribution in [0.4, 0.5) is 0 Å². The first kappa shape index (κ1) is 17.0. The lowest BCUT2D eigenvalue weighted by atomic mass is 10.0. The second-order valence-electron chi connectivity index (χ2n) is 6.59. The van der Waals surface area contributed by atoms with Gasteiger partial charge in [0.05, 0.1) is 17.6 Å². The summed E-state index contributed by atoms with van der Waals surface area (Å²) in [6, 6.07) is 21.3. The highest BCUT2D eigenvalue weighted by Crippen LogP contribution is 2.20. The molecule has 27 heavy (non-hydrogen) atoms. The number of carbonyl (C=O) groups excluding carboxylic acids is 1. The number of fused-ring (bicyclic) bond motifs is 2. The number of nitrogens with one attached hydrogen (secondary N) is 1. The van der Waals surface area contributed by atoms with Crippen LogP contribution < -0.4 is 10.9 Å². The van der Waals surface area contributed by atoms with Crippen LogP contribution in [0.2, 0.25) is 0 Å². The van der Waals surface area contributed by atoms with Crippen LogP contribution in [0.3, 0.4) is 0 Å². The van der Waals surface area contributed by atoms with Crippen molar-refractivity contribution in [3.05, 3.63) is 88.8 Å². The molecule has 1 N–H and O–H groups in total. The van der Waals surface area contributed by atoms with E-state index in [4.69, 9.17) is 0 Å². The predicted octanol–water partition coefficient (Wildman–Crippen LogP) is 3.43. The van der Waals surface area contributed by atoms with Gasteiger partial charge in [-0.15, -0.1) is 0 Å². The minimum atomic E-state index is -0.262. The Hall–Kier alpha value is -3.47.